The Kier molecular flexibility index (Phi) is 2.15. The van der Waals surface area contributed by atoms with E-state index in [0.717, 1.165) is 5.92 Å². The van der Waals surface area contributed by atoms with Gasteiger partial charge >= 0.3 is 0 Å². The molecule has 0 aromatic rings. The summed E-state index contributed by atoms with van der Waals surface area (Å²) in [5, 5.41) is 3.58. The summed E-state index contributed by atoms with van der Waals surface area (Å²) in [7, 11) is 0. The molecule has 0 aromatic heterocycles. The van der Waals surface area contributed by atoms with E-state index in [1.165, 1.54) is 38.8 Å². The third-order valence-corrected chi connectivity index (χ3v) is 4.24. The first-order valence-corrected chi connectivity index (χ1v) is 5.83. The molecular formula is C9H17NS. The molecule has 2 heteroatoms. The molecule has 0 amide bonds. The van der Waals surface area contributed by atoms with Crippen molar-refractivity contribution in [3.63, 3.8) is 0 Å². The van der Waals surface area contributed by atoms with E-state index >= 15 is 0 Å². The molecule has 0 radical (unpaired) electrons. The standard InChI is InChI=1S/C9H17NS/c1-11-9(4-5-9)7-10-6-8-2-3-8/h8,10H,2-7H2,1H3. The van der Waals surface area contributed by atoms with E-state index in [1.54, 1.807) is 0 Å². The average molecular weight is 171 g/mol. The maximum atomic E-state index is 3.58. The van der Waals surface area contributed by atoms with Crippen molar-refractivity contribution < 1.29 is 0 Å². The molecule has 0 saturated heterocycles. The van der Waals surface area contributed by atoms with Gasteiger partial charge in [-0.3, -0.25) is 0 Å². The van der Waals surface area contributed by atoms with Crippen LogP contribution >= 0.6 is 11.8 Å². The molecule has 1 N–H and O–H groups in total. The van der Waals surface area contributed by atoms with Crippen molar-refractivity contribution in [3.8, 4) is 0 Å². The predicted molar refractivity (Wildman–Crippen MR) is 51.1 cm³/mol. The second kappa shape index (κ2) is 2.98. The Morgan fingerprint density at radius 3 is 2.64 bits per heavy atom. The van der Waals surface area contributed by atoms with Gasteiger partial charge in [0.15, 0.2) is 0 Å². The van der Waals surface area contributed by atoms with Crippen LogP contribution in [0.2, 0.25) is 0 Å². The highest BCUT2D eigenvalue weighted by Crippen LogP contribution is 2.46. The van der Waals surface area contributed by atoms with Crippen molar-refractivity contribution in [2.75, 3.05) is 19.3 Å². The zero-order valence-electron chi connectivity index (χ0n) is 7.23. The fourth-order valence-corrected chi connectivity index (χ4v) is 2.18. The van der Waals surface area contributed by atoms with Crippen molar-refractivity contribution >= 4 is 11.8 Å². The van der Waals surface area contributed by atoms with Gasteiger partial charge in [0.2, 0.25) is 0 Å². The molecule has 11 heavy (non-hydrogen) atoms. The van der Waals surface area contributed by atoms with Crippen LogP contribution in [-0.4, -0.2) is 24.1 Å². The van der Waals surface area contributed by atoms with Crippen molar-refractivity contribution in [2.24, 2.45) is 5.92 Å². The first-order valence-electron chi connectivity index (χ1n) is 4.60. The highest BCUT2D eigenvalue weighted by molar-refractivity contribution is 8.00. The van der Waals surface area contributed by atoms with E-state index in [9.17, 15) is 0 Å². The van der Waals surface area contributed by atoms with Gasteiger partial charge in [0.05, 0.1) is 0 Å². The Bertz CT molecular complexity index is 138. The van der Waals surface area contributed by atoms with Gasteiger partial charge in [0.1, 0.15) is 0 Å². The van der Waals surface area contributed by atoms with Gasteiger partial charge < -0.3 is 5.32 Å². The largest absolute Gasteiger partial charge is 0.315 e. The molecule has 1 nitrogen and oxygen atoms in total. The normalized spacial score (nSPS) is 27.0. The van der Waals surface area contributed by atoms with Crippen LogP contribution in [-0.2, 0) is 0 Å². The molecule has 0 unspecified atom stereocenters. The summed E-state index contributed by atoms with van der Waals surface area (Å²) in [6.07, 6.45) is 8.06. The number of nitrogens with one attached hydrogen (secondary N) is 1. The summed E-state index contributed by atoms with van der Waals surface area (Å²) in [4.78, 5) is 0. The van der Waals surface area contributed by atoms with Gasteiger partial charge in [-0.15, -0.1) is 0 Å². The first-order chi connectivity index (χ1) is 5.35. The zero-order chi connectivity index (χ0) is 7.73. The van der Waals surface area contributed by atoms with Crippen LogP contribution < -0.4 is 5.32 Å². The minimum Gasteiger partial charge on any atom is -0.315 e. The Morgan fingerprint density at radius 2 is 2.18 bits per heavy atom. The SMILES string of the molecule is CSC1(CNCC2CC2)CC1. The van der Waals surface area contributed by atoms with Crippen LogP contribution in [0.1, 0.15) is 25.7 Å². The predicted octanol–water partition coefficient (Wildman–Crippen LogP) is 1.88. The van der Waals surface area contributed by atoms with Crippen LogP contribution in [0.15, 0.2) is 0 Å². The summed E-state index contributed by atoms with van der Waals surface area (Å²) in [6.45, 7) is 2.53. The van der Waals surface area contributed by atoms with E-state index in [4.69, 9.17) is 0 Å². The average Bonchev–Trinajstić information content (AvgIpc) is 2.80. The monoisotopic (exact) mass is 171 g/mol. The van der Waals surface area contributed by atoms with Gasteiger partial charge in [-0.2, -0.15) is 11.8 Å². The summed E-state index contributed by atoms with van der Waals surface area (Å²) >= 11 is 2.05. The minimum atomic E-state index is 0.662. The Hall–Kier alpha value is 0.310. The van der Waals surface area contributed by atoms with Crippen LogP contribution in [0.5, 0.6) is 0 Å². The third-order valence-electron chi connectivity index (χ3n) is 2.82. The van der Waals surface area contributed by atoms with Crippen molar-refractivity contribution in [2.45, 2.75) is 30.4 Å². The van der Waals surface area contributed by atoms with E-state index in [0.29, 0.717) is 4.75 Å². The highest BCUT2D eigenvalue weighted by Gasteiger charge is 2.41. The van der Waals surface area contributed by atoms with Crippen LogP contribution in [0.4, 0.5) is 0 Å². The van der Waals surface area contributed by atoms with Gasteiger partial charge in [-0.25, -0.2) is 0 Å². The quantitative estimate of drug-likeness (QED) is 0.678. The van der Waals surface area contributed by atoms with Crippen LogP contribution in [0.3, 0.4) is 0 Å². The fourth-order valence-electron chi connectivity index (χ4n) is 1.42. The summed E-state index contributed by atoms with van der Waals surface area (Å²) < 4.78 is 0.662. The molecule has 0 spiro atoms. The molecule has 0 heterocycles. The third kappa shape index (κ3) is 2.12. The van der Waals surface area contributed by atoms with Gasteiger partial charge in [-0.05, 0) is 44.4 Å². The summed E-state index contributed by atoms with van der Waals surface area (Å²) in [5.74, 6) is 1.03. The number of hydrogen-bond acceptors (Lipinski definition) is 2. The lowest BCUT2D eigenvalue weighted by atomic mass is 10.3. The summed E-state index contributed by atoms with van der Waals surface area (Å²) in [5.41, 5.74) is 0. The summed E-state index contributed by atoms with van der Waals surface area (Å²) in [6, 6.07) is 0. The van der Waals surface area contributed by atoms with E-state index in [1.807, 2.05) is 11.8 Å². The molecule has 0 aliphatic heterocycles. The zero-order valence-corrected chi connectivity index (χ0v) is 8.04. The topological polar surface area (TPSA) is 12.0 Å². The number of rotatable bonds is 5. The number of hydrogen-bond donors (Lipinski definition) is 1. The van der Waals surface area contributed by atoms with Gasteiger partial charge in [0, 0.05) is 11.3 Å². The van der Waals surface area contributed by atoms with E-state index in [-0.39, 0.29) is 0 Å². The van der Waals surface area contributed by atoms with Crippen molar-refractivity contribution in [3.05, 3.63) is 0 Å². The highest BCUT2D eigenvalue weighted by atomic mass is 32.2. The fraction of sp³-hybridized carbons (Fsp3) is 1.00. The van der Waals surface area contributed by atoms with Crippen LogP contribution in [0, 0.1) is 5.92 Å². The molecular weight excluding hydrogens is 154 g/mol. The van der Waals surface area contributed by atoms with Gasteiger partial charge in [0.25, 0.3) is 0 Å². The molecule has 64 valence electrons. The molecule has 2 aliphatic rings. The van der Waals surface area contributed by atoms with Crippen molar-refractivity contribution in [1.82, 2.24) is 5.32 Å². The lowest BCUT2D eigenvalue weighted by molar-refractivity contribution is 0.621. The molecule has 2 rings (SSSR count). The lowest BCUT2D eigenvalue weighted by Crippen LogP contribution is -2.27. The smallest absolute Gasteiger partial charge is 0.0282 e. The van der Waals surface area contributed by atoms with E-state index < -0.39 is 0 Å². The van der Waals surface area contributed by atoms with Gasteiger partial charge in [-0.1, -0.05) is 0 Å². The second-order valence-electron chi connectivity index (χ2n) is 3.96. The molecule has 2 saturated carbocycles. The molecule has 2 aliphatic carbocycles. The molecule has 0 aromatic carbocycles. The lowest BCUT2D eigenvalue weighted by Gasteiger charge is -2.12. The maximum Gasteiger partial charge on any atom is 0.0282 e. The second-order valence-corrected chi connectivity index (χ2v) is 5.24. The Labute approximate surface area is 73.3 Å². The van der Waals surface area contributed by atoms with E-state index in [2.05, 4.69) is 11.6 Å². The molecule has 2 fully saturated rings. The molecule has 0 atom stereocenters. The minimum absolute atomic E-state index is 0.662. The first kappa shape index (κ1) is 7.93. The van der Waals surface area contributed by atoms with Crippen LogP contribution in [0.25, 0.3) is 0 Å². The van der Waals surface area contributed by atoms with Crippen molar-refractivity contribution in [1.29, 1.82) is 0 Å². The Morgan fingerprint density at radius 1 is 1.45 bits per heavy atom. The maximum absolute atomic E-state index is 3.58. The number of thioether (sulfide) groups is 1. The molecule has 0 bridgehead atoms. The Balaban J connectivity index is 1.58.